The van der Waals surface area contributed by atoms with Crippen LogP contribution in [0.3, 0.4) is 0 Å². The van der Waals surface area contributed by atoms with Crippen LogP contribution in [-0.4, -0.2) is 30.7 Å². The molecule has 1 heteroatoms. The molecule has 2 unspecified atom stereocenters. The molecule has 0 aliphatic carbocycles. The predicted molar refractivity (Wildman–Crippen MR) is 35.6 cm³/mol. The van der Waals surface area contributed by atoms with Crippen molar-refractivity contribution in [2.24, 2.45) is 0 Å². The molecule has 0 aromatic rings. The molecule has 0 spiro atoms. The minimum Gasteiger partial charge on any atom is -0.314 e. The number of rotatable bonds is 1. The summed E-state index contributed by atoms with van der Waals surface area (Å²) in [5.74, 6) is 0. The van der Waals surface area contributed by atoms with Gasteiger partial charge in [-0.15, -0.1) is 0 Å². The van der Waals surface area contributed by atoms with E-state index in [9.17, 15) is 0 Å². The molecule has 1 aliphatic heterocycles. The molecule has 1 heterocycles. The highest BCUT2D eigenvalue weighted by molar-refractivity contribution is 4.79. The molecule has 1 saturated heterocycles. The third-order valence-corrected chi connectivity index (χ3v) is 2.79. The maximum atomic E-state index is 2.33. The molecule has 0 aromatic carbocycles. The van der Waals surface area contributed by atoms with Crippen LogP contribution in [0, 0.1) is 0 Å². The van der Waals surface area contributed by atoms with Gasteiger partial charge in [0.2, 0.25) is 0 Å². The second-order valence-corrected chi connectivity index (χ2v) is 3.35. The maximum Gasteiger partial charge on any atom is 0.141 e. The van der Waals surface area contributed by atoms with Crippen LogP contribution in [0.5, 0.6) is 0 Å². The van der Waals surface area contributed by atoms with Gasteiger partial charge in [-0.3, -0.25) is 0 Å². The average Bonchev–Trinajstić information content (AvgIpc) is 2.09. The second-order valence-electron chi connectivity index (χ2n) is 3.35. The molecule has 0 radical (unpaired) electrons. The third-order valence-electron chi connectivity index (χ3n) is 2.79. The van der Waals surface area contributed by atoms with E-state index < -0.39 is 0 Å². The minimum atomic E-state index is 0.917. The Morgan fingerprint density at radius 2 is 1.75 bits per heavy atom. The second kappa shape index (κ2) is 1.47. The van der Waals surface area contributed by atoms with Crippen LogP contribution in [0.4, 0.5) is 0 Å². The van der Waals surface area contributed by atoms with Gasteiger partial charge in [-0.2, -0.15) is 0 Å². The Kier molecular flexibility index (Phi) is 1.12. The van der Waals surface area contributed by atoms with Crippen LogP contribution < -0.4 is 0 Å². The zero-order valence-electron chi connectivity index (χ0n) is 6.31. The first kappa shape index (κ1) is 6.09. The first-order chi connectivity index (χ1) is 3.60. The molecular weight excluding hydrogens is 98.1 g/mol. The topological polar surface area (TPSA) is 0 Å². The van der Waals surface area contributed by atoms with E-state index in [2.05, 4.69) is 27.9 Å². The Morgan fingerprint density at radius 1 is 1.38 bits per heavy atom. The summed E-state index contributed by atoms with van der Waals surface area (Å²) in [7, 11) is 4.61. The molecular formula is C7H16N+. The van der Waals surface area contributed by atoms with Crippen molar-refractivity contribution in [1.29, 1.82) is 0 Å². The van der Waals surface area contributed by atoms with Crippen molar-refractivity contribution in [3.63, 3.8) is 0 Å². The van der Waals surface area contributed by atoms with E-state index in [-0.39, 0.29) is 0 Å². The standard InChI is InChI=1S/C7H16N/c1-5-7-6(2)8(7,3)4/h6-7H,5H2,1-4H3/q+1. The zero-order chi connectivity index (χ0) is 6.36. The largest absolute Gasteiger partial charge is 0.314 e. The molecule has 1 nitrogen and oxygen atoms in total. The maximum absolute atomic E-state index is 2.33. The Hall–Kier alpha value is -0.0400. The first-order valence-corrected chi connectivity index (χ1v) is 3.44. The SMILES string of the molecule is CCC1C(C)[N+]1(C)C. The van der Waals surface area contributed by atoms with Gasteiger partial charge in [-0.1, -0.05) is 6.92 Å². The van der Waals surface area contributed by atoms with E-state index >= 15 is 0 Å². The monoisotopic (exact) mass is 114 g/mol. The lowest BCUT2D eigenvalue weighted by Gasteiger charge is -2.03. The van der Waals surface area contributed by atoms with Gasteiger partial charge in [0, 0.05) is 6.42 Å². The van der Waals surface area contributed by atoms with E-state index in [1.54, 1.807) is 0 Å². The van der Waals surface area contributed by atoms with Crippen LogP contribution in [0.2, 0.25) is 0 Å². The van der Waals surface area contributed by atoms with Gasteiger partial charge in [-0.05, 0) is 6.92 Å². The summed E-state index contributed by atoms with van der Waals surface area (Å²) in [4.78, 5) is 0. The number of hydrogen-bond acceptors (Lipinski definition) is 0. The van der Waals surface area contributed by atoms with Crippen LogP contribution in [0.15, 0.2) is 0 Å². The Morgan fingerprint density at radius 3 is 1.75 bits per heavy atom. The minimum absolute atomic E-state index is 0.917. The number of quaternary nitrogens is 1. The molecule has 1 fully saturated rings. The quantitative estimate of drug-likeness (QED) is 0.355. The molecule has 0 bridgehead atoms. The molecule has 0 saturated carbocycles. The van der Waals surface area contributed by atoms with Gasteiger partial charge >= 0.3 is 0 Å². The number of nitrogens with zero attached hydrogens (tertiary/aromatic N) is 1. The fraction of sp³-hybridized carbons (Fsp3) is 1.00. The summed E-state index contributed by atoms with van der Waals surface area (Å²) in [6.07, 6.45) is 1.34. The highest BCUT2D eigenvalue weighted by Gasteiger charge is 2.55. The van der Waals surface area contributed by atoms with Crippen molar-refractivity contribution in [3.05, 3.63) is 0 Å². The fourth-order valence-corrected chi connectivity index (χ4v) is 1.71. The van der Waals surface area contributed by atoms with Crippen molar-refractivity contribution in [1.82, 2.24) is 0 Å². The first-order valence-electron chi connectivity index (χ1n) is 3.44. The lowest BCUT2D eigenvalue weighted by molar-refractivity contribution is -0.782. The van der Waals surface area contributed by atoms with Crippen molar-refractivity contribution in [2.45, 2.75) is 32.4 Å². The van der Waals surface area contributed by atoms with Gasteiger partial charge in [0.25, 0.3) is 0 Å². The third kappa shape index (κ3) is 0.576. The van der Waals surface area contributed by atoms with Gasteiger partial charge in [-0.25, -0.2) is 0 Å². The van der Waals surface area contributed by atoms with Crippen LogP contribution >= 0.6 is 0 Å². The smallest absolute Gasteiger partial charge is 0.141 e. The van der Waals surface area contributed by atoms with Crippen molar-refractivity contribution in [2.75, 3.05) is 14.1 Å². The molecule has 8 heavy (non-hydrogen) atoms. The van der Waals surface area contributed by atoms with Crippen LogP contribution in [-0.2, 0) is 0 Å². The molecule has 0 N–H and O–H groups in total. The zero-order valence-corrected chi connectivity index (χ0v) is 6.31. The summed E-state index contributed by atoms with van der Waals surface area (Å²) in [6.45, 7) is 4.60. The van der Waals surface area contributed by atoms with Gasteiger partial charge in [0.15, 0.2) is 0 Å². The summed E-state index contributed by atoms with van der Waals surface area (Å²) >= 11 is 0. The summed E-state index contributed by atoms with van der Waals surface area (Å²) < 4.78 is 1.25. The van der Waals surface area contributed by atoms with Crippen LogP contribution in [0.25, 0.3) is 0 Å². The summed E-state index contributed by atoms with van der Waals surface area (Å²) in [6, 6.07) is 1.87. The summed E-state index contributed by atoms with van der Waals surface area (Å²) in [5.41, 5.74) is 0. The number of hydrogen-bond donors (Lipinski definition) is 0. The fourth-order valence-electron chi connectivity index (χ4n) is 1.71. The molecule has 0 amide bonds. The highest BCUT2D eigenvalue weighted by Crippen LogP contribution is 2.36. The lowest BCUT2D eigenvalue weighted by Crippen LogP contribution is -2.17. The molecule has 0 aromatic heterocycles. The van der Waals surface area contributed by atoms with Gasteiger partial charge in [0.1, 0.15) is 12.1 Å². The van der Waals surface area contributed by atoms with Gasteiger partial charge in [0.05, 0.1) is 14.1 Å². The Bertz CT molecular complexity index is 96.6. The molecule has 1 aliphatic rings. The summed E-state index contributed by atoms with van der Waals surface area (Å²) in [5, 5.41) is 0. The van der Waals surface area contributed by atoms with Crippen LogP contribution in [0.1, 0.15) is 20.3 Å². The lowest BCUT2D eigenvalue weighted by atomic mass is 10.3. The van der Waals surface area contributed by atoms with E-state index in [4.69, 9.17) is 0 Å². The molecule has 48 valence electrons. The number of likely N-dealkylation sites (N-methyl/N-ethyl adjacent to an activating group) is 1. The molecule has 2 atom stereocenters. The van der Waals surface area contributed by atoms with E-state index in [0.717, 1.165) is 12.1 Å². The van der Waals surface area contributed by atoms with Crippen molar-refractivity contribution >= 4 is 0 Å². The molecule has 1 rings (SSSR count). The predicted octanol–water partition coefficient (Wildman–Crippen LogP) is 1.24. The average molecular weight is 114 g/mol. The van der Waals surface area contributed by atoms with Crippen molar-refractivity contribution in [3.8, 4) is 0 Å². The Balaban J connectivity index is 2.45. The highest BCUT2D eigenvalue weighted by atomic mass is 15.5. The Labute approximate surface area is 51.9 Å². The van der Waals surface area contributed by atoms with E-state index in [1.807, 2.05) is 0 Å². The van der Waals surface area contributed by atoms with E-state index in [0.29, 0.717) is 0 Å². The van der Waals surface area contributed by atoms with E-state index in [1.165, 1.54) is 10.9 Å². The van der Waals surface area contributed by atoms with Crippen molar-refractivity contribution < 1.29 is 4.48 Å². The van der Waals surface area contributed by atoms with Gasteiger partial charge < -0.3 is 4.48 Å². The normalized spacial score (nSPS) is 42.0.